The topological polar surface area (TPSA) is 9.23 Å². The first kappa shape index (κ1) is 19.2. The Morgan fingerprint density at radius 1 is 1.04 bits per heavy atom. The van der Waals surface area contributed by atoms with Crippen molar-refractivity contribution in [1.29, 1.82) is 0 Å². The number of unbranched alkanes of at least 4 members (excludes halogenated alkanes) is 2. The monoisotopic (exact) mass is 364 g/mol. The summed E-state index contributed by atoms with van der Waals surface area (Å²) < 4.78 is 45.2. The molecule has 0 spiro atoms. The smallest absolute Gasteiger partial charge is 0.280 e. The highest BCUT2D eigenvalue weighted by molar-refractivity contribution is 5.83. The summed E-state index contributed by atoms with van der Waals surface area (Å²) in [6, 6.07) is 13.5. The number of benzene rings is 2. The van der Waals surface area contributed by atoms with Crippen LogP contribution in [0.4, 0.5) is 13.2 Å². The molecule has 1 nitrogen and oxygen atoms in total. The Morgan fingerprint density at radius 2 is 1.81 bits per heavy atom. The number of fused-ring (bicyclic) bond motifs is 1. The summed E-state index contributed by atoms with van der Waals surface area (Å²) in [5.41, 5.74) is -0.580. The van der Waals surface area contributed by atoms with Crippen LogP contribution in [0.15, 0.2) is 42.5 Å². The normalized spacial score (nSPS) is 24.1. The average Bonchev–Trinajstić information content (AvgIpc) is 2.61. The van der Waals surface area contributed by atoms with Crippen molar-refractivity contribution in [2.75, 3.05) is 0 Å². The molecule has 0 amide bonds. The Labute approximate surface area is 153 Å². The number of halogens is 3. The van der Waals surface area contributed by atoms with Crippen LogP contribution in [-0.4, -0.2) is 6.36 Å². The fourth-order valence-corrected chi connectivity index (χ4v) is 4.47. The van der Waals surface area contributed by atoms with Crippen molar-refractivity contribution < 1.29 is 17.9 Å². The van der Waals surface area contributed by atoms with Gasteiger partial charge >= 0.3 is 6.36 Å². The lowest BCUT2D eigenvalue weighted by molar-refractivity contribution is -0.384. The molecule has 2 atom stereocenters. The Balaban J connectivity index is 2.03. The summed E-state index contributed by atoms with van der Waals surface area (Å²) in [6.07, 6.45) is 2.21. The lowest BCUT2D eigenvalue weighted by Crippen LogP contribution is -2.44. The molecule has 142 valence electrons. The van der Waals surface area contributed by atoms with Gasteiger partial charge < -0.3 is 0 Å². The number of alkyl halides is 3. The number of rotatable bonds is 6. The Hall–Kier alpha value is -1.55. The lowest BCUT2D eigenvalue weighted by atomic mass is 9.69. The molecule has 1 fully saturated rings. The van der Waals surface area contributed by atoms with Crippen molar-refractivity contribution in [3.63, 3.8) is 0 Å². The van der Waals surface area contributed by atoms with Gasteiger partial charge in [-0.2, -0.15) is 0 Å². The van der Waals surface area contributed by atoms with Gasteiger partial charge in [0.15, 0.2) is 0 Å². The first-order valence-electron chi connectivity index (χ1n) is 9.71. The van der Waals surface area contributed by atoms with Crippen LogP contribution in [-0.2, 0) is 10.3 Å². The largest absolute Gasteiger partial charge is 0.523 e. The maximum atomic E-state index is 13.4. The minimum absolute atomic E-state index is 0.0920. The van der Waals surface area contributed by atoms with Crippen LogP contribution in [0.5, 0.6) is 0 Å². The van der Waals surface area contributed by atoms with Gasteiger partial charge in [0, 0.05) is 0 Å². The molecule has 0 heterocycles. The maximum Gasteiger partial charge on any atom is 0.523 e. The van der Waals surface area contributed by atoms with Gasteiger partial charge in [-0.15, -0.1) is 13.2 Å². The molecule has 2 aromatic rings. The number of hydrogen-bond acceptors (Lipinski definition) is 1. The maximum absolute atomic E-state index is 13.4. The number of ether oxygens (including phenoxy) is 1. The van der Waals surface area contributed by atoms with E-state index < -0.39 is 12.0 Å². The molecular weight excluding hydrogens is 337 g/mol. The second kappa shape index (κ2) is 7.99. The van der Waals surface area contributed by atoms with Gasteiger partial charge in [-0.25, -0.2) is 0 Å². The molecule has 1 aliphatic carbocycles. The first-order valence-corrected chi connectivity index (χ1v) is 9.71. The van der Waals surface area contributed by atoms with E-state index in [2.05, 4.69) is 6.92 Å². The van der Waals surface area contributed by atoms with E-state index in [-0.39, 0.29) is 5.92 Å². The van der Waals surface area contributed by atoms with Crippen molar-refractivity contribution in [2.45, 2.75) is 70.3 Å². The van der Waals surface area contributed by atoms with Crippen LogP contribution >= 0.6 is 0 Å². The zero-order chi connectivity index (χ0) is 18.6. The molecule has 0 radical (unpaired) electrons. The third-order valence-corrected chi connectivity index (χ3v) is 5.70. The van der Waals surface area contributed by atoms with Crippen molar-refractivity contribution in [2.24, 2.45) is 5.92 Å². The SMILES string of the molecule is CCCCCC1CCCCC1(OC(F)(F)F)c1ccc2ccccc2c1. The molecule has 26 heavy (non-hydrogen) atoms. The molecule has 2 unspecified atom stereocenters. The minimum atomic E-state index is -4.63. The van der Waals surface area contributed by atoms with Crippen molar-refractivity contribution >= 4 is 10.8 Å². The fraction of sp³-hybridized carbons (Fsp3) is 0.545. The highest BCUT2D eigenvalue weighted by Crippen LogP contribution is 2.50. The van der Waals surface area contributed by atoms with Crippen LogP contribution in [0, 0.1) is 5.92 Å². The summed E-state index contributed by atoms with van der Waals surface area (Å²) in [5, 5.41) is 2.00. The fourth-order valence-electron chi connectivity index (χ4n) is 4.47. The molecule has 2 aromatic carbocycles. The summed E-state index contributed by atoms with van der Waals surface area (Å²) in [6.45, 7) is 2.11. The van der Waals surface area contributed by atoms with E-state index in [0.717, 1.165) is 55.7 Å². The van der Waals surface area contributed by atoms with Crippen molar-refractivity contribution in [3.05, 3.63) is 48.0 Å². The Kier molecular flexibility index (Phi) is 5.91. The molecular formula is C22H27F3O. The van der Waals surface area contributed by atoms with E-state index in [1.807, 2.05) is 42.5 Å². The van der Waals surface area contributed by atoms with Crippen molar-refractivity contribution in [3.8, 4) is 0 Å². The van der Waals surface area contributed by atoms with E-state index in [1.165, 1.54) is 0 Å². The molecule has 0 bridgehead atoms. The van der Waals surface area contributed by atoms with Gasteiger partial charge in [-0.1, -0.05) is 75.4 Å². The van der Waals surface area contributed by atoms with Gasteiger partial charge in [0.1, 0.15) is 5.60 Å². The number of hydrogen-bond donors (Lipinski definition) is 0. The second-order valence-corrected chi connectivity index (χ2v) is 7.44. The zero-order valence-corrected chi connectivity index (χ0v) is 15.3. The minimum Gasteiger partial charge on any atom is -0.280 e. The van der Waals surface area contributed by atoms with E-state index >= 15 is 0 Å². The molecule has 0 N–H and O–H groups in total. The summed E-state index contributed by atoms with van der Waals surface area (Å²) in [5.74, 6) is -0.0920. The third kappa shape index (κ3) is 4.22. The van der Waals surface area contributed by atoms with Gasteiger partial charge in [0.05, 0.1) is 0 Å². The van der Waals surface area contributed by atoms with Gasteiger partial charge in [-0.05, 0) is 47.6 Å². The Morgan fingerprint density at radius 3 is 2.54 bits per heavy atom. The summed E-state index contributed by atoms with van der Waals surface area (Å²) >= 11 is 0. The van der Waals surface area contributed by atoms with E-state index in [9.17, 15) is 13.2 Å². The highest BCUT2D eigenvalue weighted by atomic mass is 19.4. The van der Waals surface area contributed by atoms with Crippen LogP contribution in [0.3, 0.4) is 0 Å². The van der Waals surface area contributed by atoms with Crippen LogP contribution in [0.1, 0.15) is 63.9 Å². The molecule has 0 saturated heterocycles. The molecule has 0 aromatic heterocycles. The molecule has 0 aliphatic heterocycles. The standard InChI is InChI=1S/C22H27F3O/c1-2-3-4-11-19-12-7-8-15-21(19,26-22(23,24)25)20-14-13-17-9-5-6-10-18(17)16-20/h5-6,9-10,13-14,16,19H,2-4,7-8,11-12,15H2,1H3. The van der Waals surface area contributed by atoms with Gasteiger partial charge in [0.2, 0.25) is 0 Å². The van der Waals surface area contributed by atoms with E-state index in [0.29, 0.717) is 12.0 Å². The molecule has 1 saturated carbocycles. The summed E-state index contributed by atoms with van der Waals surface area (Å²) in [7, 11) is 0. The highest BCUT2D eigenvalue weighted by Gasteiger charge is 2.50. The second-order valence-electron chi connectivity index (χ2n) is 7.44. The average molecular weight is 364 g/mol. The molecule has 4 heteroatoms. The summed E-state index contributed by atoms with van der Waals surface area (Å²) in [4.78, 5) is 0. The van der Waals surface area contributed by atoms with Gasteiger partial charge in [-0.3, -0.25) is 4.74 Å². The van der Waals surface area contributed by atoms with Gasteiger partial charge in [0.25, 0.3) is 0 Å². The Bertz CT molecular complexity index is 725. The quantitative estimate of drug-likeness (QED) is 0.487. The van der Waals surface area contributed by atoms with E-state index in [1.54, 1.807) is 0 Å². The van der Waals surface area contributed by atoms with Crippen LogP contribution < -0.4 is 0 Å². The first-order chi connectivity index (χ1) is 12.4. The molecule has 1 aliphatic rings. The zero-order valence-electron chi connectivity index (χ0n) is 15.3. The molecule has 3 rings (SSSR count). The van der Waals surface area contributed by atoms with Crippen molar-refractivity contribution in [1.82, 2.24) is 0 Å². The predicted octanol–water partition coefficient (Wildman–Crippen LogP) is 7.34. The van der Waals surface area contributed by atoms with Crippen LogP contribution in [0.2, 0.25) is 0 Å². The predicted molar refractivity (Wildman–Crippen MR) is 98.9 cm³/mol. The van der Waals surface area contributed by atoms with Crippen LogP contribution in [0.25, 0.3) is 10.8 Å². The van der Waals surface area contributed by atoms with E-state index in [4.69, 9.17) is 4.74 Å². The third-order valence-electron chi connectivity index (χ3n) is 5.70. The lowest BCUT2D eigenvalue weighted by Gasteiger charge is -2.45.